The van der Waals surface area contributed by atoms with Crippen LogP contribution in [0.2, 0.25) is 0 Å². The fraction of sp³-hybridized carbons (Fsp3) is 0.167. The van der Waals surface area contributed by atoms with Crippen LogP contribution in [0.5, 0.6) is 11.5 Å². The first-order chi connectivity index (χ1) is 14.6. The highest BCUT2D eigenvalue weighted by molar-refractivity contribution is 5.95. The van der Waals surface area contributed by atoms with Gasteiger partial charge in [0.2, 0.25) is 0 Å². The van der Waals surface area contributed by atoms with Gasteiger partial charge < -0.3 is 19.5 Å². The molecule has 6 nitrogen and oxygen atoms in total. The smallest absolute Gasteiger partial charge is 0.342 e. The Morgan fingerprint density at radius 1 is 0.800 bits per heavy atom. The van der Waals surface area contributed by atoms with E-state index in [9.17, 15) is 9.59 Å². The molecule has 0 unspecified atom stereocenters. The van der Waals surface area contributed by atoms with Crippen molar-refractivity contribution in [3.8, 4) is 11.5 Å². The molecule has 0 heterocycles. The largest absolute Gasteiger partial charge is 0.493 e. The Morgan fingerprint density at radius 2 is 1.40 bits per heavy atom. The first kappa shape index (κ1) is 20.9. The van der Waals surface area contributed by atoms with Crippen molar-refractivity contribution in [1.82, 2.24) is 5.32 Å². The first-order valence-corrected chi connectivity index (χ1v) is 9.41. The molecule has 3 aromatic carbocycles. The zero-order valence-corrected chi connectivity index (χ0v) is 16.8. The van der Waals surface area contributed by atoms with Gasteiger partial charge >= 0.3 is 5.97 Å². The van der Waals surface area contributed by atoms with Gasteiger partial charge in [-0.15, -0.1) is 0 Å². The van der Waals surface area contributed by atoms with E-state index >= 15 is 0 Å². The molecule has 1 amide bonds. The number of rotatable bonds is 8. The Hall–Kier alpha value is -3.80. The van der Waals surface area contributed by atoms with Gasteiger partial charge in [0.15, 0.2) is 18.1 Å². The molecule has 0 spiro atoms. The summed E-state index contributed by atoms with van der Waals surface area (Å²) in [5.41, 5.74) is 2.04. The van der Waals surface area contributed by atoms with Crippen LogP contribution in [0.4, 0.5) is 0 Å². The molecule has 30 heavy (non-hydrogen) atoms. The van der Waals surface area contributed by atoms with E-state index in [4.69, 9.17) is 14.2 Å². The summed E-state index contributed by atoms with van der Waals surface area (Å²) in [4.78, 5) is 25.1. The second-order valence-corrected chi connectivity index (χ2v) is 6.44. The molecule has 0 atom stereocenters. The van der Waals surface area contributed by atoms with Gasteiger partial charge in [0.1, 0.15) is 5.56 Å². The minimum Gasteiger partial charge on any atom is -0.493 e. The molecule has 154 valence electrons. The summed E-state index contributed by atoms with van der Waals surface area (Å²) in [7, 11) is 2.92. The van der Waals surface area contributed by atoms with Gasteiger partial charge in [0.05, 0.1) is 20.3 Å². The van der Waals surface area contributed by atoms with Gasteiger partial charge in [-0.1, -0.05) is 66.7 Å². The number of benzene rings is 3. The number of hydrogen-bond acceptors (Lipinski definition) is 5. The summed E-state index contributed by atoms with van der Waals surface area (Å²) in [6.07, 6.45) is 0. The van der Waals surface area contributed by atoms with Crippen LogP contribution in [0.3, 0.4) is 0 Å². The Labute approximate surface area is 175 Å². The van der Waals surface area contributed by atoms with E-state index in [1.165, 1.54) is 14.2 Å². The van der Waals surface area contributed by atoms with Crippen LogP contribution >= 0.6 is 0 Å². The molecule has 3 rings (SSSR count). The highest BCUT2D eigenvalue weighted by atomic mass is 16.5. The molecular formula is C24H23NO5. The number of carbonyl (C=O) groups is 2. The normalized spacial score (nSPS) is 10.4. The first-order valence-electron chi connectivity index (χ1n) is 9.41. The van der Waals surface area contributed by atoms with E-state index in [-0.39, 0.29) is 17.4 Å². The van der Waals surface area contributed by atoms with Crippen molar-refractivity contribution in [2.24, 2.45) is 0 Å². The average Bonchev–Trinajstić information content (AvgIpc) is 2.81. The standard InChI is InChI=1S/C24H23NO5/c1-28-20-15-9-14-19(23(20)29-2)24(27)30-16-21(26)25-22(17-10-5-3-6-11-17)18-12-7-4-8-13-18/h3-15,22H,16H2,1-2H3,(H,25,26). The van der Waals surface area contributed by atoms with Crippen LogP contribution in [0.1, 0.15) is 27.5 Å². The van der Waals surface area contributed by atoms with E-state index in [0.29, 0.717) is 5.75 Å². The van der Waals surface area contributed by atoms with Gasteiger partial charge in [0, 0.05) is 0 Å². The minimum atomic E-state index is -0.670. The summed E-state index contributed by atoms with van der Waals surface area (Å²) in [5, 5.41) is 2.94. The van der Waals surface area contributed by atoms with Crippen LogP contribution in [-0.4, -0.2) is 32.7 Å². The van der Waals surface area contributed by atoms with Crippen molar-refractivity contribution in [2.75, 3.05) is 20.8 Å². The lowest BCUT2D eigenvalue weighted by atomic mass is 9.99. The fourth-order valence-electron chi connectivity index (χ4n) is 3.11. The van der Waals surface area contributed by atoms with E-state index < -0.39 is 18.5 Å². The Balaban J connectivity index is 1.70. The molecule has 0 saturated heterocycles. The lowest BCUT2D eigenvalue weighted by Gasteiger charge is -2.20. The van der Waals surface area contributed by atoms with Crippen molar-refractivity contribution in [1.29, 1.82) is 0 Å². The number of amides is 1. The number of nitrogens with one attached hydrogen (secondary N) is 1. The van der Waals surface area contributed by atoms with Crippen molar-refractivity contribution in [3.63, 3.8) is 0 Å². The summed E-state index contributed by atoms with van der Waals surface area (Å²) in [6.45, 7) is -0.421. The van der Waals surface area contributed by atoms with Crippen LogP contribution in [-0.2, 0) is 9.53 Å². The van der Waals surface area contributed by atoms with Crippen LogP contribution in [0, 0.1) is 0 Å². The van der Waals surface area contributed by atoms with E-state index in [0.717, 1.165) is 11.1 Å². The summed E-state index contributed by atoms with van der Waals surface area (Å²) in [6, 6.07) is 23.7. The monoisotopic (exact) mass is 405 g/mol. The maximum absolute atomic E-state index is 12.6. The highest BCUT2D eigenvalue weighted by Crippen LogP contribution is 2.31. The lowest BCUT2D eigenvalue weighted by Crippen LogP contribution is -2.33. The van der Waals surface area contributed by atoms with Crippen molar-refractivity contribution < 1.29 is 23.8 Å². The fourth-order valence-corrected chi connectivity index (χ4v) is 3.11. The van der Waals surface area contributed by atoms with E-state index in [1.807, 2.05) is 60.7 Å². The summed E-state index contributed by atoms with van der Waals surface area (Å²) < 4.78 is 15.7. The van der Waals surface area contributed by atoms with Gasteiger partial charge in [-0.25, -0.2) is 4.79 Å². The van der Waals surface area contributed by atoms with Gasteiger partial charge in [-0.3, -0.25) is 4.79 Å². The Morgan fingerprint density at radius 3 is 1.93 bits per heavy atom. The number of hydrogen-bond donors (Lipinski definition) is 1. The number of methoxy groups -OCH3 is 2. The zero-order chi connectivity index (χ0) is 21.3. The van der Waals surface area contributed by atoms with Crippen LogP contribution < -0.4 is 14.8 Å². The Kier molecular flexibility index (Phi) is 7.05. The molecule has 0 aromatic heterocycles. The molecule has 0 aliphatic rings. The maximum Gasteiger partial charge on any atom is 0.342 e. The van der Waals surface area contributed by atoms with Gasteiger partial charge in [0.25, 0.3) is 5.91 Å². The molecule has 0 radical (unpaired) electrons. The molecule has 0 aliphatic carbocycles. The third-order valence-electron chi connectivity index (χ3n) is 4.53. The molecule has 0 bridgehead atoms. The van der Waals surface area contributed by atoms with Crippen molar-refractivity contribution >= 4 is 11.9 Å². The Bertz CT molecular complexity index is 949. The maximum atomic E-state index is 12.6. The highest BCUT2D eigenvalue weighted by Gasteiger charge is 2.21. The number of para-hydroxylation sites is 1. The van der Waals surface area contributed by atoms with Crippen LogP contribution in [0.15, 0.2) is 78.9 Å². The predicted molar refractivity (Wildman–Crippen MR) is 113 cm³/mol. The minimum absolute atomic E-state index is 0.187. The molecule has 0 fully saturated rings. The molecule has 0 aliphatic heterocycles. The third kappa shape index (κ3) is 4.97. The zero-order valence-electron chi connectivity index (χ0n) is 16.8. The molecule has 3 aromatic rings. The molecule has 6 heteroatoms. The average molecular weight is 405 g/mol. The van der Waals surface area contributed by atoms with Gasteiger partial charge in [-0.2, -0.15) is 0 Å². The lowest BCUT2D eigenvalue weighted by molar-refractivity contribution is -0.124. The number of ether oxygens (including phenoxy) is 3. The summed E-state index contributed by atoms with van der Waals surface area (Å²) in [5.74, 6) is -0.415. The summed E-state index contributed by atoms with van der Waals surface area (Å²) >= 11 is 0. The second-order valence-electron chi connectivity index (χ2n) is 6.44. The number of esters is 1. The predicted octanol–water partition coefficient (Wildman–Crippen LogP) is 3.77. The topological polar surface area (TPSA) is 73.9 Å². The van der Waals surface area contributed by atoms with Crippen molar-refractivity contribution in [3.05, 3.63) is 95.6 Å². The molecular weight excluding hydrogens is 382 g/mol. The van der Waals surface area contributed by atoms with E-state index in [2.05, 4.69) is 5.32 Å². The van der Waals surface area contributed by atoms with E-state index in [1.54, 1.807) is 18.2 Å². The molecule has 1 N–H and O–H groups in total. The number of carbonyl (C=O) groups excluding carboxylic acids is 2. The second kappa shape index (κ2) is 10.1. The SMILES string of the molecule is COc1cccc(C(=O)OCC(=O)NC(c2ccccc2)c2ccccc2)c1OC. The van der Waals surface area contributed by atoms with Gasteiger partial charge in [-0.05, 0) is 23.3 Å². The third-order valence-corrected chi connectivity index (χ3v) is 4.53. The van der Waals surface area contributed by atoms with Crippen LogP contribution in [0.25, 0.3) is 0 Å². The quantitative estimate of drug-likeness (QED) is 0.578. The molecule has 0 saturated carbocycles. The van der Waals surface area contributed by atoms with Crippen molar-refractivity contribution in [2.45, 2.75) is 6.04 Å².